The lowest BCUT2D eigenvalue weighted by atomic mass is 9.82. The van der Waals surface area contributed by atoms with E-state index in [1.54, 1.807) is 41.4 Å². The van der Waals surface area contributed by atoms with E-state index < -0.39 is 5.60 Å². The van der Waals surface area contributed by atoms with Crippen LogP contribution >= 0.6 is 11.3 Å². The number of likely N-dealkylation sites (tertiary alicyclic amines) is 1. The van der Waals surface area contributed by atoms with E-state index in [0.717, 1.165) is 6.42 Å². The van der Waals surface area contributed by atoms with Gasteiger partial charge in [0.05, 0.1) is 12.0 Å². The zero-order chi connectivity index (χ0) is 21.8. The molecule has 2 amide bonds. The third kappa shape index (κ3) is 5.07. The summed E-state index contributed by atoms with van der Waals surface area (Å²) in [6.45, 7) is 3.18. The maximum absolute atomic E-state index is 12.7. The number of hydrogen-bond donors (Lipinski definition) is 1. The summed E-state index contributed by atoms with van der Waals surface area (Å²) in [5.74, 6) is 0.859. The molecule has 0 unspecified atom stereocenters. The Morgan fingerprint density at radius 1 is 1.26 bits per heavy atom. The first-order valence-electron chi connectivity index (χ1n) is 10.5. The molecule has 1 saturated heterocycles. The number of amides is 2. The van der Waals surface area contributed by atoms with Crippen LogP contribution in [-0.4, -0.2) is 54.3 Å². The predicted octanol–water partition coefficient (Wildman–Crippen LogP) is 2.83. The van der Waals surface area contributed by atoms with Crippen LogP contribution in [0.3, 0.4) is 0 Å². The van der Waals surface area contributed by atoms with Crippen LogP contribution in [0.15, 0.2) is 35.7 Å². The molecule has 7 nitrogen and oxygen atoms in total. The molecular weight excluding hydrogens is 416 g/mol. The third-order valence-electron chi connectivity index (χ3n) is 5.83. The number of rotatable bonds is 6. The Bertz CT molecular complexity index is 964. The summed E-state index contributed by atoms with van der Waals surface area (Å²) in [5, 5.41) is 4.86. The molecule has 1 fully saturated rings. The van der Waals surface area contributed by atoms with Crippen LogP contribution < -0.4 is 14.8 Å². The van der Waals surface area contributed by atoms with Crippen molar-refractivity contribution in [2.75, 3.05) is 26.2 Å². The van der Waals surface area contributed by atoms with Gasteiger partial charge in [-0.3, -0.25) is 14.4 Å². The molecule has 164 valence electrons. The minimum absolute atomic E-state index is 0.0374. The summed E-state index contributed by atoms with van der Waals surface area (Å²) in [6.07, 6.45) is 2.35. The normalized spacial score (nSPS) is 17.1. The van der Waals surface area contributed by atoms with Crippen molar-refractivity contribution in [3.05, 3.63) is 46.2 Å². The number of fused-ring (bicyclic) bond motifs is 1. The SMILES string of the molecule is CC(=O)N1CCC2(CC1)CC(=O)c1ccc(OCC(=O)NCCc3cccs3)cc1O2. The highest BCUT2D eigenvalue weighted by molar-refractivity contribution is 7.09. The maximum Gasteiger partial charge on any atom is 0.257 e. The molecule has 3 heterocycles. The van der Waals surface area contributed by atoms with Crippen LogP contribution in [0.2, 0.25) is 0 Å². The molecule has 8 heteroatoms. The van der Waals surface area contributed by atoms with Crippen molar-refractivity contribution in [3.8, 4) is 11.5 Å². The molecular formula is C23H26N2O5S. The Kier molecular flexibility index (Phi) is 6.27. The first-order chi connectivity index (χ1) is 14.9. The molecule has 4 rings (SSSR count). The zero-order valence-corrected chi connectivity index (χ0v) is 18.3. The summed E-state index contributed by atoms with van der Waals surface area (Å²) in [7, 11) is 0. The fourth-order valence-electron chi connectivity index (χ4n) is 4.05. The van der Waals surface area contributed by atoms with E-state index in [-0.39, 0.29) is 24.2 Å². The second-order valence-electron chi connectivity index (χ2n) is 8.02. The molecule has 0 bridgehead atoms. The van der Waals surface area contributed by atoms with Crippen LogP contribution in [0.5, 0.6) is 11.5 Å². The molecule has 0 aliphatic carbocycles. The van der Waals surface area contributed by atoms with Gasteiger partial charge >= 0.3 is 0 Å². The van der Waals surface area contributed by atoms with Crippen molar-refractivity contribution in [3.63, 3.8) is 0 Å². The molecule has 1 aromatic carbocycles. The molecule has 1 aromatic heterocycles. The van der Waals surface area contributed by atoms with Crippen molar-refractivity contribution >= 4 is 28.9 Å². The number of ketones is 1. The molecule has 1 spiro atoms. The first kappa shape index (κ1) is 21.4. The van der Waals surface area contributed by atoms with E-state index in [1.165, 1.54) is 4.88 Å². The number of hydrogen-bond acceptors (Lipinski definition) is 6. The van der Waals surface area contributed by atoms with E-state index in [4.69, 9.17) is 9.47 Å². The molecule has 0 radical (unpaired) electrons. The van der Waals surface area contributed by atoms with Crippen molar-refractivity contribution in [1.82, 2.24) is 10.2 Å². The predicted molar refractivity (Wildman–Crippen MR) is 117 cm³/mol. The third-order valence-corrected chi connectivity index (χ3v) is 6.76. The number of Topliss-reactive ketones (excluding diaryl/α,β-unsaturated/α-hetero) is 1. The van der Waals surface area contributed by atoms with E-state index >= 15 is 0 Å². The number of thiophene rings is 1. The molecule has 0 atom stereocenters. The standard InChI is InChI=1S/C23H26N2O5S/c1-16(26)25-10-7-23(8-11-25)14-20(27)19-5-4-17(13-21(19)30-23)29-15-22(28)24-9-6-18-3-2-12-31-18/h2-5,12-13H,6-11,14-15H2,1H3,(H,24,28). The number of ether oxygens (including phenoxy) is 2. The van der Waals surface area contributed by atoms with Gasteiger partial charge in [0.15, 0.2) is 12.4 Å². The quantitative estimate of drug-likeness (QED) is 0.744. The minimum atomic E-state index is -0.576. The zero-order valence-electron chi connectivity index (χ0n) is 17.5. The van der Waals surface area contributed by atoms with Gasteiger partial charge in [-0.1, -0.05) is 6.07 Å². The van der Waals surface area contributed by atoms with E-state index in [0.29, 0.717) is 56.0 Å². The Morgan fingerprint density at radius 2 is 2.06 bits per heavy atom. The molecule has 2 aliphatic heterocycles. The number of piperidine rings is 1. The summed E-state index contributed by atoms with van der Waals surface area (Å²) < 4.78 is 11.9. The molecule has 31 heavy (non-hydrogen) atoms. The summed E-state index contributed by atoms with van der Waals surface area (Å²) in [4.78, 5) is 39.4. The average Bonchev–Trinajstić information content (AvgIpc) is 3.26. The summed E-state index contributed by atoms with van der Waals surface area (Å²) >= 11 is 1.67. The lowest BCUT2D eigenvalue weighted by molar-refractivity contribution is -0.132. The van der Waals surface area contributed by atoms with Crippen LogP contribution in [0.1, 0.15) is 41.4 Å². The van der Waals surface area contributed by atoms with Crippen molar-refractivity contribution in [1.29, 1.82) is 0 Å². The number of nitrogens with zero attached hydrogens (tertiary/aromatic N) is 1. The van der Waals surface area contributed by atoms with Crippen molar-refractivity contribution < 1.29 is 23.9 Å². The topological polar surface area (TPSA) is 84.9 Å². The number of nitrogens with one attached hydrogen (secondary N) is 1. The van der Waals surface area contributed by atoms with Crippen LogP contribution in [0.25, 0.3) is 0 Å². The van der Waals surface area contributed by atoms with Crippen molar-refractivity contribution in [2.45, 2.75) is 38.2 Å². The molecule has 1 N–H and O–H groups in total. The van der Waals surface area contributed by atoms with Gasteiger partial charge in [0, 0.05) is 50.3 Å². The average molecular weight is 443 g/mol. The van der Waals surface area contributed by atoms with Crippen LogP contribution in [0, 0.1) is 0 Å². The first-order valence-corrected chi connectivity index (χ1v) is 11.4. The van der Waals surface area contributed by atoms with Gasteiger partial charge in [-0.05, 0) is 30.0 Å². The van der Waals surface area contributed by atoms with Gasteiger partial charge < -0.3 is 19.7 Å². The van der Waals surface area contributed by atoms with Gasteiger partial charge in [0.2, 0.25) is 5.91 Å². The fraction of sp³-hybridized carbons (Fsp3) is 0.435. The number of carbonyl (C=O) groups excluding carboxylic acids is 3. The van der Waals surface area contributed by atoms with Gasteiger partial charge in [0.1, 0.15) is 17.1 Å². The molecule has 0 saturated carbocycles. The van der Waals surface area contributed by atoms with Gasteiger partial charge in [0.25, 0.3) is 5.91 Å². The smallest absolute Gasteiger partial charge is 0.257 e. The van der Waals surface area contributed by atoms with Crippen LogP contribution in [0.4, 0.5) is 0 Å². The Labute approximate surface area is 185 Å². The monoisotopic (exact) mass is 442 g/mol. The second-order valence-corrected chi connectivity index (χ2v) is 9.05. The Balaban J connectivity index is 1.33. The second kappa shape index (κ2) is 9.09. The van der Waals surface area contributed by atoms with E-state index in [2.05, 4.69) is 5.32 Å². The largest absolute Gasteiger partial charge is 0.486 e. The van der Waals surface area contributed by atoms with Crippen LogP contribution in [-0.2, 0) is 16.0 Å². The van der Waals surface area contributed by atoms with E-state index in [9.17, 15) is 14.4 Å². The van der Waals surface area contributed by atoms with Crippen molar-refractivity contribution in [2.24, 2.45) is 0 Å². The van der Waals surface area contributed by atoms with Gasteiger partial charge in [-0.25, -0.2) is 0 Å². The van der Waals surface area contributed by atoms with E-state index in [1.807, 2.05) is 17.5 Å². The Morgan fingerprint density at radius 3 is 2.77 bits per heavy atom. The summed E-state index contributed by atoms with van der Waals surface area (Å²) in [6, 6.07) is 9.10. The highest BCUT2D eigenvalue weighted by Gasteiger charge is 2.43. The molecule has 2 aromatic rings. The highest BCUT2D eigenvalue weighted by Crippen LogP contribution is 2.40. The highest BCUT2D eigenvalue weighted by atomic mass is 32.1. The lowest BCUT2D eigenvalue weighted by Crippen LogP contribution is -2.51. The fourth-order valence-corrected chi connectivity index (χ4v) is 4.76. The minimum Gasteiger partial charge on any atom is -0.486 e. The van der Waals surface area contributed by atoms with Gasteiger partial charge in [-0.15, -0.1) is 11.3 Å². The number of benzene rings is 1. The maximum atomic E-state index is 12.7. The lowest BCUT2D eigenvalue weighted by Gasteiger charge is -2.43. The number of carbonyl (C=O) groups is 3. The summed E-state index contributed by atoms with van der Waals surface area (Å²) in [5.41, 5.74) is -0.0410. The van der Waals surface area contributed by atoms with Gasteiger partial charge in [-0.2, -0.15) is 0 Å². The molecule has 2 aliphatic rings. The Hall–Kier alpha value is -2.87.